The van der Waals surface area contributed by atoms with Gasteiger partial charge in [-0.3, -0.25) is 4.79 Å². The number of esters is 1. The number of benzene rings is 2. The van der Waals surface area contributed by atoms with E-state index in [0.29, 0.717) is 12.8 Å². The fourth-order valence-corrected chi connectivity index (χ4v) is 2.13. The molecule has 0 aliphatic carbocycles. The molecule has 0 spiro atoms. The van der Waals surface area contributed by atoms with Crippen LogP contribution in [0.2, 0.25) is 0 Å². The highest BCUT2D eigenvalue weighted by Gasteiger charge is 2.16. The molecule has 4 nitrogen and oxygen atoms in total. The zero-order chi connectivity index (χ0) is 16.5. The molecule has 0 saturated heterocycles. The molecule has 1 N–H and O–H groups in total. The number of carbonyl (C=O) groups is 2. The van der Waals surface area contributed by atoms with Crippen LogP contribution < -0.4 is 5.32 Å². The van der Waals surface area contributed by atoms with Crippen LogP contribution in [0.25, 0.3) is 0 Å². The Kier molecular flexibility index (Phi) is 6.36. The molecule has 0 fully saturated rings. The minimum atomic E-state index is -0.651. The largest absolute Gasteiger partial charge is 0.459 e. The molecule has 4 heteroatoms. The smallest absolute Gasteiger partial charge is 0.328 e. The Hall–Kier alpha value is -2.62. The lowest BCUT2D eigenvalue weighted by Crippen LogP contribution is -2.39. The van der Waals surface area contributed by atoms with E-state index in [9.17, 15) is 9.59 Å². The van der Waals surface area contributed by atoms with Gasteiger partial charge in [0.25, 0.3) is 0 Å². The van der Waals surface area contributed by atoms with E-state index in [1.54, 1.807) is 6.92 Å². The molecule has 1 unspecified atom stereocenters. The van der Waals surface area contributed by atoms with Gasteiger partial charge in [0.1, 0.15) is 12.6 Å². The number of hydrogen-bond acceptors (Lipinski definition) is 3. The second-order valence-corrected chi connectivity index (χ2v) is 5.37. The number of nitrogens with one attached hydrogen (secondary N) is 1. The molecule has 0 saturated carbocycles. The van der Waals surface area contributed by atoms with Gasteiger partial charge in [-0.2, -0.15) is 0 Å². The average Bonchev–Trinajstić information content (AvgIpc) is 2.59. The lowest BCUT2D eigenvalue weighted by atomic mass is 10.1. The highest BCUT2D eigenvalue weighted by atomic mass is 16.5. The molecular weight excluding hydrogens is 290 g/mol. The van der Waals surface area contributed by atoms with Crippen molar-refractivity contribution in [2.24, 2.45) is 0 Å². The molecule has 2 aromatic carbocycles. The summed E-state index contributed by atoms with van der Waals surface area (Å²) in [4.78, 5) is 23.8. The number of ether oxygens (including phenoxy) is 1. The predicted molar refractivity (Wildman–Crippen MR) is 88.6 cm³/mol. The van der Waals surface area contributed by atoms with Crippen LogP contribution in [0.4, 0.5) is 0 Å². The van der Waals surface area contributed by atoms with Gasteiger partial charge in [-0.05, 0) is 24.5 Å². The molecule has 2 rings (SSSR count). The summed E-state index contributed by atoms with van der Waals surface area (Å²) in [5.41, 5.74) is 2.02. The van der Waals surface area contributed by atoms with Crippen LogP contribution in [0.3, 0.4) is 0 Å². The maximum absolute atomic E-state index is 11.9. The van der Waals surface area contributed by atoms with Gasteiger partial charge >= 0.3 is 5.97 Å². The summed E-state index contributed by atoms with van der Waals surface area (Å²) in [7, 11) is 0. The number of hydrogen-bond donors (Lipinski definition) is 1. The summed E-state index contributed by atoms with van der Waals surface area (Å²) in [6, 6.07) is 18.6. The van der Waals surface area contributed by atoms with Gasteiger partial charge in [0.15, 0.2) is 0 Å². The molecule has 1 atom stereocenters. The van der Waals surface area contributed by atoms with Crippen molar-refractivity contribution in [2.75, 3.05) is 0 Å². The van der Waals surface area contributed by atoms with E-state index in [0.717, 1.165) is 11.1 Å². The van der Waals surface area contributed by atoms with Crippen molar-refractivity contribution in [1.82, 2.24) is 5.32 Å². The summed E-state index contributed by atoms with van der Waals surface area (Å²) >= 11 is 0. The topological polar surface area (TPSA) is 55.4 Å². The van der Waals surface area contributed by atoms with Gasteiger partial charge in [0.05, 0.1) is 0 Å². The summed E-state index contributed by atoms with van der Waals surface area (Å²) in [6.45, 7) is 1.84. The minimum Gasteiger partial charge on any atom is -0.459 e. The van der Waals surface area contributed by atoms with Crippen LogP contribution in [0, 0.1) is 0 Å². The highest BCUT2D eigenvalue weighted by Crippen LogP contribution is 2.04. The first-order chi connectivity index (χ1) is 11.1. The Morgan fingerprint density at radius 3 is 2.13 bits per heavy atom. The first kappa shape index (κ1) is 16.7. The van der Waals surface area contributed by atoms with E-state index < -0.39 is 12.0 Å². The summed E-state index contributed by atoms with van der Waals surface area (Å²) in [5.74, 6) is -0.583. The van der Waals surface area contributed by atoms with Gasteiger partial charge in [0, 0.05) is 6.42 Å². The van der Waals surface area contributed by atoms with E-state index in [-0.39, 0.29) is 12.5 Å². The van der Waals surface area contributed by atoms with Crippen LogP contribution in [0.15, 0.2) is 60.7 Å². The average molecular weight is 311 g/mol. The number of rotatable bonds is 7. The molecule has 120 valence electrons. The SMILES string of the molecule is CC(NC(=O)CCc1ccccc1)C(=O)OCc1ccccc1. The van der Waals surface area contributed by atoms with Gasteiger partial charge in [-0.1, -0.05) is 60.7 Å². The number of amides is 1. The number of aryl methyl sites for hydroxylation is 1. The Labute approximate surface area is 136 Å². The van der Waals surface area contributed by atoms with Crippen molar-refractivity contribution in [3.05, 3.63) is 71.8 Å². The Bertz CT molecular complexity index is 626. The lowest BCUT2D eigenvalue weighted by molar-refractivity contribution is -0.148. The van der Waals surface area contributed by atoms with Crippen LogP contribution >= 0.6 is 0 Å². The van der Waals surface area contributed by atoms with Crippen LogP contribution in [-0.4, -0.2) is 17.9 Å². The normalized spacial score (nSPS) is 11.5. The molecule has 1 amide bonds. The third-order valence-corrected chi connectivity index (χ3v) is 3.44. The summed E-state index contributed by atoms with van der Waals surface area (Å²) in [5, 5.41) is 2.67. The predicted octanol–water partition coefficient (Wildman–Crippen LogP) is 2.87. The molecule has 0 aliphatic heterocycles. The fraction of sp³-hybridized carbons (Fsp3) is 0.263. The Morgan fingerprint density at radius 2 is 1.52 bits per heavy atom. The van der Waals surface area contributed by atoms with Gasteiger partial charge in [0.2, 0.25) is 5.91 Å². The minimum absolute atomic E-state index is 0.155. The molecule has 0 bridgehead atoms. The maximum atomic E-state index is 11.9. The molecule has 0 radical (unpaired) electrons. The highest BCUT2D eigenvalue weighted by molar-refractivity contribution is 5.84. The summed E-state index contributed by atoms with van der Waals surface area (Å²) in [6.07, 6.45) is 0.999. The van der Waals surface area contributed by atoms with Crippen LogP contribution in [-0.2, 0) is 27.4 Å². The van der Waals surface area contributed by atoms with Crippen LogP contribution in [0.1, 0.15) is 24.5 Å². The Morgan fingerprint density at radius 1 is 0.957 bits per heavy atom. The third kappa shape index (κ3) is 5.94. The maximum Gasteiger partial charge on any atom is 0.328 e. The number of carbonyl (C=O) groups excluding carboxylic acids is 2. The van der Waals surface area contributed by atoms with E-state index in [1.165, 1.54) is 0 Å². The molecular formula is C19H21NO3. The molecule has 0 aliphatic rings. The lowest BCUT2D eigenvalue weighted by Gasteiger charge is -2.13. The second-order valence-electron chi connectivity index (χ2n) is 5.37. The Balaban J connectivity index is 1.71. The standard InChI is InChI=1S/C19H21NO3/c1-15(19(22)23-14-17-10-6-3-7-11-17)20-18(21)13-12-16-8-4-2-5-9-16/h2-11,15H,12-14H2,1H3,(H,20,21). The van der Waals surface area contributed by atoms with E-state index >= 15 is 0 Å². The van der Waals surface area contributed by atoms with Gasteiger partial charge in [-0.25, -0.2) is 4.79 Å². The molecule has 0 heterocycles. The first-order valence-corrected chi connectivity index (χ1v) is 7.69. The fourth-order valence-electron chi connectivity index (χ4n) is 2.13. The second kappa shape index (κ2) is 8.73. The van der Waals surface area contributed by atoms with E-state index in [1.807, 2.05) is 60.7 Å². The van der Waals surface area contributed by atoms with Crippen molar-refractivity contribution < 1.29 is 14.3 Å². The molecule has 0 aromatic heterocycles. The molecule has 2 aromatic rings. The van der Waals surface area contributed by atoms with Crippen molar-refractivity contribution in [3.63, 3.8) is 0 Å². The van der Waals surface area contributed by atoms with Crippen molar-refractivity contribution in [3.8, 4) is 0 Å². The van der Waals surface area contributed by atoms with Crippen molar-refractivity contribution in [1.29, 1.82) is 0 Å². The van der Waals surface area contributed by atoms with Gasteiger partial charge in [-0.15, -0.1) is 0 Å². The monoisotopic (exact) mass is 311 g/mol. The summed E-state index contributed by atoms with van der Waals surface area (Å²) < 4.78 is 5.20. The molecule has 23 heavy (non-hydrogen) atoms. The third-order valence-electron chi connectivity index (χ3n) is 3.44. The first-order valence-electron chi connectivity index (χ1n) is 7.69. The van der Waals surface area contributed by atoms with Gasteiger partial charge < -0.3 is 10.1 Å². The quantitative estimate of drug-likeness (QED) is 0.800. The van der Waals surface area contributed by atoms with Crippen molar-refractivity contribution in [2.45, 2.75) is 32.4 Å². The zero-order valence-electron chi connectivity index (χ0n) is 13.2. The van der Waals surface area contributed by atoms with E-state index in [2.05, 4.69) is 5.32 Å². The van der Waals surface area contributed by atoms with Crippen molar-refractivity contribution >= 4 is 11.9 Å². The zero-order valence-corrected chi connectivity index (χ0v) is 13.2. The van der Waals surface area contributed by atoms with Crippen LogP contribution in [0.5, 0.6) is 0 Å². The van der Waals surface area contributed by atoms with E-state index in [4.69, 9.17) is 4.74 Å².